The van der Waals surface area contributed by atoms with Crippen LogP contribution in [0.1, 0.15) is 133 Å². The molecule has 9 rings (SSSR count). The molecule has 0 N–H and O–H groups in total. The third-order valence-electron chi connectivity index (χ3n) is 13.0. The van der Waals surface area contributed by atoms with E-state index in [2.05, 4.69) is 0 Å². The minimum absolute atomic E-state index is 0.353. The van der Waals surface area contributed by atoms with Gasteiger partial charge in [0, 0.05) is 37.5 Å². The highest BCUT2D eigenvalue weighted by atomic mass is 16.6. The Kier molecular flexibility index (Phi) is 15.6. The van der Waals surface area contributed by atoms with Crippen LogP contribution in [0, 0.1) is 62.3 Å². The van der Waals surface area contributed by atoms with E-state index >= 15 is 0 Å². The third-order valence-corrected chi connectivity index (χ3v) is 13.0. The van der Waals surface area contributed by atoms with Crippen molar-refractivity contribution in [2.45, 2.75) is 102 Å². The van der Waals surface area contributed by atoms with Gasteiger partial charge in [-0.15, -0.1) is 0 Å². The topological polar surface area (TPSA) is 191 Å². The predicted molar refractivity (Wildman–Crippen MR) is 281 cm³/mol. The van der Waals surface area contributed by atoms with Crippen molar-refractivity contribution in [2.75, 3.05) is 14.7 Å². The van der Waals surface area contributed by atoms with Gasteiger partial charge in [-0.1, -0.05) is 89.5 Å². The molecule has 3 atom stereocenters. The maximum absolute atomic E-state index is 12.7. The quantitative estimate of drug-likeness (QED) is 0.114. The number of hydrogen-bond acceptors (Lipinski definition) is 12. The number of ether oxygens (including phenoxy) is 3. The van der Waals surface area contributed by atoms with Crippen LogP contribution in [0.25, 0.3) is 0 Å². The largest absolute Gasteiger partial charge is 0.429 e. The second-order valence-corrected chi connectivity index (χ2v) is 18.9. The van der Waals surface area contributed by atoms with Crippen molar-refractivity contribution in [2.24, 2.45) is 0 Å². The van der Waals surface area contributed by atoms with Gasteiger partial charge in [0.25, 0.3) is 0 Å². The van der Waals surface area contributed by atoms with Gasteiger partial charge in [0.05, 0.1) is 33.8 Å². The summed E-state index contributed by atoms with van der Waals surface area (Å²) in [4.78, 5) is 116. The van der Waals surface area contributed by atoms with Crippen molar-refractivity contribution < 1.29 is 57.4 Å². The maximum Gasteiger partial charge on any atom is 0.340 e. The first kappa shape index (κ1) is 53.9. The van der Waals surface area contributed by atoms with Gasteiger partial charge in [-0.05, 0) is 132 Å². The van der Waals surface area contributed by atoms with Crippen molar-refractivity contribution in [1.29, 1.82) is 0 Å². The lowest BCUT2D eigenvalue weighted by Gasteiger charge is -2.23. The van der Waals surface area contributed by atoms with Crippen molar-refractivity contribution in [3.8, 4) is 0 Å². The zero-order valence-corrected chi connectivity index (χ0v) is 43.9. The minimum atomic E-state index is -1.26. The molecule has 15 nitrogen and oxygen atoms in total. The minimum Gasteiger partial charge on any atom is -0.429 e. The van der Waals surface area contributed by atoms with Gasteiger partial charge in [-0.2, -0.15) is 0 Å². The zero-order chi connectivity index (χ0) is 54.9. The molecule has 0 radical (unpaired) electrons. The van der Waals surface area contributed by atoms with E-state index in [9.17, 15) is 43.2 Å². The van der Waals surface area contributed by atoms with Crippen molar-refractivity contribution >= 4 is 70.0 Å². The fourth-order valence-corrected chi connectivity index (χ4v) is 10.1. The van der Waals surface area contributed by atoms with Crippen LogP contribution in [0.3, 0.4) is 0 Å². The number of benzene rings is 6. The van der Waals surface area contributed by atoms with Crippen molar-refractivity contribution in [3.05, 3.63) is 193 Å². The number of aryl methyl sites for hydroxylation is 9. The molecular formula is C60H57N3O12. The summed E-state index contributed by atoms with van der Waals surface area (Å²) in [6, 6.07) is 31.6. The van der Waals surface area contributed by atoms with E-state index in [0.29, 0.717) is 50.4 Å². The highest BCUT2D eigenvalue weighted by Crippen LogP contribution is 2.36. The lowest BCUT2D eigenvalue weighted by molar-refractivity contribution is -0.118. The Bertz CT molecular complexity index is 2990. The van der Waals surface area contributed by atoms with Gasteiger partial charge in [0.15, 0.2) is 0 Å². The van der Waals surface area contributed by atoms with Crippen LogP contribution in [0.15, 0.2) is 109 Å². The highest BCUT2D eigenvalue weighted by Gasteiger charge is 2.45. The SMILES string of the molecule is CC(=O)N1c2ccccc2C(=O)[C@@H]1OC(=O)c1c(C)cc(C)cc1C.CC(=O)N1c2ccccc2C(=O)[C@@H]1OC(=O)c1c(C)cc(C)cc1C.CC(=O)N1c2ccccc2C(=O)[C@@H]1OC(=O)c1c(C)cc(C)cc1C. The fourth-order valence-electron chi connectivity index (χ4n) is 10.1. The van der Waals surface area contributed by atoms with E-state index in [1.807, 2.05) is 98.7 Å². The number of para-hydroxylation sites is 3. The molecule has 0 unspecified atom stereocenters. The maximum atomic E-state index is 12.7. The number of nitrogens with zero attached hydrogens (tertiary/aromatic N) is 3. The Morgan fingerprint density at radius 3 is 0.747 bits per heavy atom. The van der Waals surface area contributed by atoms with Crippen LogP contribution >= 0.6 is 0 Å². The van der Waals surface area contributed by atoms with Gasteiger partial charge in [0.1, 0.15) is 0 Å². The van der Waals surface area contributed by atoms with E-state index in [4.69, 9.17) is 14.2 Å². The average molecular weight is 1010 g/mol. The summed E-state index contributed by atoms with van der Waals surface area (Å²) in [5.41, 5.74) is 11.6. The summed E-state index contributed by atoms with van der Waals surface area (Å²) in [7, 11) is 0. The smallest absolute Gasteiger partial charge is 0.340 e. The number of esters is 3. The highest BCUT2D eigenvalue weighted by molar-refractivity contribution is 6.19. The van der Waals surface area contributed by atoms with Crippen LogP contribution in [0.4, 0.5) is 17.1 Å². The van der Waals surface area contributed by atoms with E-state index in [-0.39, 0.29) is 35.1 Å². The summed E-state index contributed by atoms with van der Waals surface area (Å²) in [6.07, 6.45) is -3.78. The number of fused-ring (bicyclic) bond motifs is 3. The Morgan fingerprint density at radius 1 is 0.347 bits per heavy atom. The van der Waals surface area contributed by atoms with Crippen LogP contribution in [0.5, 0.6) is 0 Å². The van der Waals surface area contributed by atoms with E-state index in [1.54, 1.807) is 72.8 Å². The number of ketones is 3. The van der Waals surface area contributed by atoms with E-state index in [1.165, 1.54) is 35.5 Å². The molecule has 0 fully saturated rings. The van der Waals surface area contributed by atoms with Gasteiger partial charge < -0.3 is 14.2 Å². The van der Waals surface area contributed by atoms with E-state index < -0.39 is 36.6 Å². The standard InChI is InChI=1S/3C20H19NO4/c3*1-11-9-12(2)17(13(3)10-11)20(24)25-19-18(23)15-7-5-6-8-16(15)21(19)14(4)22/h3*5-10,19H,1-4H3/t3*19-/m000/s1. The van der Waals surface area contributed by atoms with Gasteiger partial charge in [-0.3, -0.25) is 43.5 Å². The molecule has 3 heterocycles. The molecule has 3 aliphatic heterocycles. The molecular weight excluding hydrogens is 955 g/mol. The lowest BCUT2D eigenvalue weighted by Crippen LogP contribution is -2.42. The summed E-state index contributed by atoms with van der Waals surface area (Å²) in [5.74, 6) is -4.03. The molecule has 3 amide bonds. The first-order chi connectivity index (χ1) is 35.4. The number of amides is 3. The first-order valence-corrected chi connectivity index (χ1v) is 24.1. The number of carbonyl (C=O) groups is 9. The molecule has 6 aromatic rings. The van der Waals surface area contributed by atoms with Gasteiger partial charge in [0.2, 0.25) is 53.8 Å². The molecule has 0 saturated heterocycles. The lowest BCUT2D eigenvalue weighted by atomic mass is 10.00. The van der Waals surface area contributed by atoms with Crippen LogP contribution in [0.2, 0.25) is 0 Å². The summed E-state index contributed by atoms with van der Waals surface area (Å²) < 4.78 is 16.5. The van der Waals surface area contributed by atoms with Crippen LogP contribution < -0.4 is 14.7 Å². The molecule has 0 aliphatic carbocycles. The normalized spacial score (nSPS) is 15.9. The monoisotopic (exact) mass is 1010 g/mol. The van der Waals surface area contributed by atoms with Crippen LogP contribution in [-0.2, 0) is 28.6 Å². The fraction of sp³-hybridized carbons (Fsp3) is 0.250. The van der Waals surface area contributed by atoms with Crippen molar-refractivity contribution in [1.82, 2.24) is 0 Å². The van der Waals surface area contributed by atoms with Gasteiger partial charge in [-0.25, -0.2) is 14.4 Å². The van der Waals surface area contributed by atoms with Gasteiger partial charge >= 0.3 is 17.9 Å². The van der Waals surface area contributed by atoms with Crippen LogP contribution in [-0.4, -0.2) is 71.7 Å². The Morgan fingerprint density at radius 2 is 0.547 bits per heavy atom. The Balaban J connectivity index is 0.000000164. The Hall–Kier alpha value is -8.85. The summed E-state index contributed by atoms with van der Waals surface area (Å²) >= 11 is 0. The molecule has 384 valence electrons. The number of hydrogen-bond donors (Lipinski definition) is 0. The molecule has 0 aromatic heterocycles. The van der Waals surface area contributed by atoms with Crippen molar-refractivity contribution in [3.63, 3.8) is 0 Å². The molecule has 0 spiro atoms. The summed E-state index contributed by atoms with van der Waals surface area (Å²) in [5, 5.41) is 0. The molecule has 75 heavy (non-hydrogen) atoms. The zero-order valence-electron chi connectivity index (χ0n) is 43.9. The third kappa shape index (κ3) is 10.7. The second kappa shape index (κ2) is 21.7. The molecule has 0 saturated carbocycles. The number of carbonyl (C=O) groups excluding carboxylic acids is 9. The second-order valence-electron chi connectivity index (χ2n) is 18.9. The summed E-state index contributed by atoms with van der Waals surface area (Å²) in [6.45, 7) is 20.8. The first-order valence-electron chi connectivity index (χ1n) is 24.1. The molecule has 6 aromatic carbocycles. The number of rotatable bonds is 6. The molecule has 0 bridgehead atoms. The predicted octanol–water partition coefficient (Wildman–Crippen LogP) is 10.0. The van der Waals surface area contributed by atoms with E-state index in [0.717, 1.165) is 50.1 Å². The average Bonchev–Trinajstić information content (AvgIpc) is 3.88. The molecule has 3 aliphatic rings. The molecule has 15 heteroatoms. The Labute approximate surface area is 435 Å². The number of Topliss-reactive ketones (excluding diaryl/α,β-unsaturated/α-hetero) is 3. The number of anilines is 3.